The molecule has 1 atom stereocenters. The van der Waals surface area contributed by atoms with Gasteiger partial charge in [-0.05, 0) is 47.7 Å². The van der Waals surface area contributed by atoms with E-state index < -0.39 is 10.0 Å². The van der Waals surface area contributed by atoms with Crippen LogP contribution in [0.3, 0.4) is 0 Å². The molecule has 0 fully saturated rings. The van der Waals surface area contributed by atoms with E-state index in [-0.39, 0.29) is 32.6 Å². The van der Waals surface area contributed by atoms with Crippen molar-refractivity contribution in [3.63, 3.8) is 0 Å². The first-order valence-electron chi connectivity index (χ1n) is 11.7. The molecule has 0 saturated carbocycles. The van der Waals surface area contributed by atoms with Gasteiger partial charge in [0.2, 0.25) is 5.90 Å². The zero-order chi connectivity index (χ0) is 26.2. The lowest BCUT2D eigenvalue weighted by Gasteiger charge is -2.18. The van der Waals surface area contributed by atoms with E-state index in [0.29, 0.717) is 29.6 Å². The second-order valence-electron chi connectivity index (χ2n) is 9.03. The molecule has 1 aliphatic heterocycles. The second-order valence-corrected chi connectivity index (χ2v) is 11.6. The van der Waals surface area contributed by atoms with Crippen LogP contribution in [-0.2, 0) is 14.8 Å². The summed E-state index contributed by atoms with van der Waals surface area (Å²) in [7, 11) is -4.11. The molecule has 4 aromatic rings. The molecule has 0 amide bonds. The fraction of sp³-hybridized carbons (Fsp3) is 0.179. The van der Waals surface area contributed by atoms with Crippen LogP contribution in [0.25, 0.3) is 10.8 Å². The lowest BCUT2D eigenvalue weighted by molar-refractivity contribution is 0.292. The van der Waals surface area contributed by atoms with E-state index in [2.05, 4.69) is 18.6 Å². The predicted molar refractivity (Wildman–Crippen MR) is 149 cm³/mol. The number of sulfonamides is 1. The highest BCUT2D eigenvalue weighted by atomic mass is 35.5. The third-order valence-electron chi connectivity index (χ3n) is 6.05. The minimum Gasteiger partial charge on any atom is -0.475 e. The maximum Gasteiger partial charge on any atom is 0.262 e. The summed E-state index contributed by atoms with van der Waals surface area (Å²) in [6.45, 7) is 4.54. The SMILES string of the molecule is CC(C)[C@@H]1COC(c2cccc(Oc3cccc4ccccc34)c2NS(=O)(=O)c2cc(Cl)cc(Cl)c2)=N1. The maximum absolute atomic E-state index is 13.5. The Labute approximate surface area is 225 Å². The van der Waals surface area contributed by atoms with Crippen LogP contribution in [0.5, 0.6) is 11.5 Å². The minimum absolute atomic E-state index is 0.0335. The molecule has 0 radical (unpaired) electrons. The van der Waals surface area contributed by atoms with Crippen LogP contribution >= 0.6 is 23.2 Å². The normalized spacial score (nSPS) is 15.5. The molecule has 0 aromatic heterocycles. The molecule has 37 heavy (non-hydrogen) atoms. The average molecular weight is 555 g/mol. The molecule has 1 N–H and O–H groups in total. The van der Waals surface area contributed by atoms with Gasteiger partial charge >= 0.3 is 0 Å². The van der Waals surface area contributed by atoms with Crippen molar-refractivity contribution in [3.05, 3.63) is 94.5 Å². The zero-order valence-electron chi connectivity index (χ0n) is 20.1. The third-order valence-corrected chi connectivity index (χ3v) is 7.82. The minimum atomic E-state index is -4.11. The van der Waals surface area contributed by atoms with Gasteiger partial charge in [-0.3, -0.25) is 4.72 Å². The van der Waals surface area contributed by atoms with Gasteiger partial charge in [0, 0.05) is 15.4 Å². The van der Waals surface area contributed by atoms with Crippen molar-refractivity contribution >= 4 is 55.6 Å². The number of para-hydroxylation sites is 1. The summed E-state index contributed by atoms with van der Waals surface area (Å²) in [6, 6.07) is 22.8. The van der Waals surface area contributed by atoms with Crippen molar-refractivity contribution in [3.8, 4) is 11.5 Å². The largest absolute Gasteiger partial charge is 0.475 e. The fourth-order valence-electron chi connectivity index (χ4n) is 4.06. The Morgan fingerprint density at radius 1 is 0.946 bits per heavy atom. The molecule has 5 rings (SSSR count). The summed E-state index contributed by atoms with van der Waals surface area (Å²) in [5.41, 5.74) is 0.673. The van der Waals surface area contributed by atoms with Crippen LogP contribution in [-0.4, -0.2) is 27.0 Å². The van der Waals surface area contributed by atoms with Gasteiger partial charge in [0.05, 0.1) is 16.5 Å². The monoisotopic (exact) mass is 554 g/mol. The van der Waals surface area contributed by atoms with Gasteiger partial charge < -0.3 is 9.47 Å². The summed E-state index contributed by atoms with van der Waals surface area (Å²) < 4.78 is 41.9. The number of aliphatic imine (C=N–C) groups is 1. The molecular formula is C28H24Cl2N2O4S. The Hall–Kier alpha value is -3.26. The molecule has 0 aliphatic carbocycles. The highest BCUT2D eigenvalue weighted by Gasteiger charge is 2.28. The maximum atomic E-state index is 13.5. The second kappa shape index (κ2) is 10.2. The Morgan fingerprint density at radius 3 is 2.35 bits per heavy atom. The lowest BCUT2D eigenvalue weighted by atomic mass is 10.1. The molecule has 6 nitrogen and oxygen atoms in total. The van der Waals surface area contributed by atoms with E-state index in [1.807, 2.05) is 42.5 Å². The topological polar surface area (TPSA) is 77.0 Å². The highest BCUT2D eigenvalue weighted by molar-refractivity contribution is 7.92. The molecule has 0 unspecified atom stereocenters. The quantitative estimate of drug-likeness (QED) is 0.256. The molecule has 0 spiro atoms. The van der Waals surface area contributed by atoms with E-state index in [1.54, 1.807) is 18.2 Å². The van der Waals surface area contributed by atoms with Crippen molar-refractivity contribution in [1.82, 2.24) is 0 Å². The molecule has 1 heterocycles. The number of nitrogens with one attached hydrogen (secondary N) is 1. The molecule has 190 valence electrons. The molecule has 0 saturated heterocycles. The van der Waals surface area contributed by atoms with Gasteiger partial charge in [0.25, 0.3) is 10.0 Å². The molecule has 0 bridgehead atoms. The third kappa shape index (κ3) is 5.39. The smallest absolute Gasteiger partial charge is 0.262 e. The summed E-state index contributed by atoms with van der Waals surface area (Å²) in [5.74, 6) is 1.49. The number of anilines is 1. The number of hydrogen-bond donors (Lipinski definition) is 1. The van der Waals surface area contributed by atoms with Crippen LogP contribution in [0.15, 0.2) is 88.8 Å². The van der Waals surface area contributed by atoms with E-state index >= 15 is 0 Å². The number of benzene rings is 4. The van der Waals surface area contributed by atoms with Gasteiger partial charge in [0.1, 0.15) is 18.0 Å². The molecule has 1 aliphatic rings. The van der Waals surface area contributed by atoms with Gasteiger partial charge in [-0.2, -0.15) is 0 Å². The average Bonchev–Trinajstić information content (AvgIpc) is 3.35. The van der Waals surface area contributed by atoms with Crippen LogP contribution in [0.4, 0.5) is 5.69 Å². The fourth-order valence-corrected chi connectivity index (χ4v) is 5.87. The van der Waals surface area contributed by atoms with Crippen LogP contribution < -0.4 is 9.46 Å². The van der Waals surface area contributed by atoms with Gasteiger partial charge in [0.15, 0.2) is 5.75 Å². The first-order chi connectivity index (χ1) is 17.7. The summed E-state index contributed by atoms with van der Waals surface area (Å²) >= 11 is 12.2. The number of ether oxygens (including phenoxy) is 2. The number of nitrogens with zero attached hydrogens (tertiary/aromatic N) is 1. The Kier molecular flexibility index (Phi) is 7.03. The van der Waals surface area contributed by atoms with Crippen LogP contribution in [0.1, 0.15) is 19.4 Å². The van der Waals surface area contributed by atoms with E-state index in [1.165, 1.54) is 18.2 Å². The van der Waals surface area contributed by atoms with Crippen molar-refractivity contribution in [2.75, 3.05) is 11.3 Å². The van der Waals surface area contributed by atoms with Gasteiger partial charge in [-0.25, -0.2) is 13.4 Å². The number of halogens is 2. The van der Waals surface area contributed by atoms with Crippen molar-refractivity contribution in [2.24, 2.45) is 10.9 Å². The van der Waals surface area contributed by atoms with Crippen molar-refractivity contribution in [2.45, 2.75) is 24.8 Å². The van der Waals surface area contributed by atoms with Crippen molar-refractivity contribution < 1.29 is 17.9 Å². The highest BCUT2D eigenvalue weighted by Crippen LogP contribution is 2.38. The van der Waals surface area contributed by atoms with Crippen LogP contribution in [0.2, 0.25) is 10.0 Å². The lowest BCUT2D eigenvalue weighted by Crippen LogP contribution is -2.17. The Bertz CT molecular complexity index is 1590. The number of fused-ring (bicyclic) bond motifs is 1. The first-order valence-corrected chi connectivity index (χ1v) is 13.9. The van der Waals surface area contributed by atoms with Crippen LogP contribution in [0, 0.1) is 5.92 Å². The first kappa shape index (κ1) is 25.4. The van der Waals surface area contributed by atoms with Crippen molar-refractivity contribution in [1.29, 1.82) is 0 Å². The number of hydrogen-bond acceptors (Lipinski definition) is 5. The summed E-state index contributed by atoms with van der Waals surface area (Å²) in [6.07, 6.45) is 0. The Morgan fingerprint density at radius 2 is 1.62 bits per heavy atom. The molecule has 4 aromatic carbocycles. The molecular weight excluding hydrogens is 531 g/mol. The van der Waals surface area contributed by atoms with Gasteiger partial charge in [-0.1, -0.05) is 79.5 Å². The standard InChI is InChI=1S/C28H24Cl2N2O4S/c1-17(2)24-16-35-28(31-24)23-10-6-12-26(36-25-11-5-8-18-7-3-4-9-22(18)25)27(23)32-37(33,34)21-14-19(29)13-20(30)15-21/h3-15,17,24,32H,16H2,1-2H3/t24-/m0/s1. The van der Waals surface area contributed by atoms with E-state index in [4.69, 9.17) is 37.7 Å². The summed E-state index contributed by atoms with van der Waals surface area (Å²) in [4.78, 5) is 4.63. The van der Waals surface area contributed by atoms with E-state index in [9.17, 15) is 8.42 Å². The predicted octanol–water partition coefficient (Wildman–Crippen LogP) is 7.54. The molecule has 9 heteroatoms. The Balaban J connectivity index is 1.63. The summed E-state index contributed by atoms with van der Waals surface area (Å²) in [5, 5.41) is 2.30. The van der Waals surface area contributed by atoms with E-state index in [0.717, 1.165) is 10.8 Å². The number of rotatable bonds is 7. The van der Waals surface area contributed by atoms with Gasteiger partial charge in [-0.15, -0.1) is 0 Å². The zero-order valence-corrected chi connectivity index (χ0v) is 22.4.